The van der Waals surface area contributed by atoms with E-state index in [1.54, 1.807) is 24.5 Å². The van der Waals surface area contributed by atoms with Gasteiger partial charge >= 0.3 is 0 Å². The van der Waals surface area contributed by atoms with Crippen LogP contribution < -0.4 is 20.1 Å². The van der Waals surface area contributed by atoms with E-state index in [0.717, 1.165) is 10.4 Å². The largest absolute Gasteiger partial charge is 0.493 e. The van der Waals surface area contributed by atoms with Crippen LogP contribution in [0, 0.1) is 10.1 Å². The first kappa shape index (κ1) is 24.7. The highest BCUT2D eigenvalue weighted by molar-refractivity contribution is 7.09. The minimum Gasteiger partial charge on any atom is -0.493 e. The van der Waals surface area contributed by atoms with E-state index < -0.39 is 4.92 Å². The standard InChI is InChI=1S/C21H22ClN3O4S.ClH/c1-28-21-11-15(4-7-20(21)29-14-17-3-2-10-30-17)13-23-8-9-24-19-6-5-16(25(26)27)12-18(19)22;/h2-7,10-12,23-24H,8-9,13-14H2,1H3;1H. The third kappa shape index (κ3) is 7.29. The molecule has 0 fully saturated rings. The first-order valence-electron chi connectivity index (χ1n) is 9.27. The Hall–Kier alpha value is -2.52. The van der Waals surface area contributed by atoms with Gasteiger partial charge in [0, 0.05) is 36.6 Å². The van der Waals surface area contributed by atoms with Gasteiger partial charge in [0.25, 0.3) is 5.69 Å². The molecule has 0 aliphatic rings. The summed E-state index contributed by atoms with van der Waals surface area (Å²) in [6.07, 6.45) is 0. The highest BCUT2D eigenvalue weighted by Crippen LogP contribution is 2.29. The van der Waals surface area contributed by atoms with Crippen LogP contribution in [0.2, 0.25) is 5.02 Å². The Morgan fingerprint density at radius 2 is 1.97 bits per heavy atom. The Balaban J connectivity index is 0.00000341. The second-order valence-corrected chi connectivity index (χ2v) is 7.82. The summed E-state index contributed by atoms with van der Waals surface area (Å²) in [7, 11) is 1.63. The molecule has 0 saturated heterocycles. The topological polar surface area (TPSA) is 85.7 Å². The first-order chi connectivity index (χ1) is 14.6. The van der Waals surface area contributed by atoms with Gasteiger partial charge in [-0.2, -0.15) is 0 Å². The zero-order chi connectivity index (χ0) is 21.3. The number of rotatable bonds is 11. The fourth-order valence-corrected chi connectivity index (χ4v) is 3.62. The summed E-state index contributed by atoms with van der Waals surface area (Å²) in [4.78, 5) is 11.4. The summed E-state index contributed by atoms with van der Waals surface area (Å²) >= 11 is 7.73. The molecule has 7 nitrogen and oxygen atoms in total. The van der Waals surface area contributed by atoms with Crippen LogP contribution in [0.15, 0.2) is 53.9 Å². The van der Waals surface area contributed by atoms with E-state index in [-0.39, 0.29) is 18.1 Å². The minimum absolute atomic E-state index is 0. The summed E-state index contributed by atoms with van der Waals surface area (Å²) < 4.78 is 11.3. The monoisotopic (exact) mass is 483 g/mol. The van der Waals surface area contributed by atoms with Gasteiger partial charge in [-0.05, 0) is 35.2 Å². The Kier molecular flexibility index (Phi) is 9.87. The van der Waals surface area contributed by atoms with Crippen LogP contribution in [0.3, 0.4) is 0 Å². The van der Waals surface area contributed by atoms with Crippen LogP contribution in [0.4, 0.5) is 11.4 Å². The number of thiophene rings is 1. The molecule has 0 aliphatic carbocycles. The van der Waals surface area contributed by atoms with E-state index in [4.69, 9.17) is 21.1 Å². The summed E-state index contributed by atoms with van der Waals surface area (Å²) in [6.45, 7) is 2.49. The van der Waals surface area contributed by atoms with Crippen LogP contribution in [0.1, 0.15) is 10.4 Å². The second-order valence-electron chi connectivity index (χ2n) is 6.38. The van der Waals surface area contributed by atoms with Crippen LogP contribution in [0.25, 0.3) is 0 Å². The molecule has 0 spiro atoms. The number of methoxy groups -OCH3 is 1. The second kappa shape index (κ2) is 12.4. The summed E-state index contributed by atoms with van der Waals surface area (Å²) in [6, 6.07) is 14.3. The van der Waals surface area contributed by atoms with Crippen molar-refractivity contribution in [1.29, 1.82) is 0 Å². The fraction of sp³-hybridized carbons (Fsp3) is 0.238. The number of anilines is 1. The van der Waals surface area contributed by atoms with Gasteiger partial charge in [0.15, 0.2) is 11.5 Å². The number of nitrogens with zero attached hydrogens (tertiary/aromatic N) is 1. The van der Waals surface area contributed by atoms with Gasteiger partial charge in [-0.3, -0.25) is 10.1 Å². The van der Waals surface area contributed by atoms with Crippen LogP contribution in [-0.4, -0.2) is 25.1 Å². The third-order valence-electron chi connectivity index (χ3n) is 4.29. The van der Waals surface area contributed by atoms with E-state index in [9.17, 15) is 10.1 Å². The number of non-ortho nitro benzene ring substituents is 1. The van der Waals surface area contributed by atoms with E-state index in [1.165, 1.54) is 12.1 Å². The molecular formula is C21H23Cl2N3O4S. The zero-order valence-corrected chi connectivity index (χ0v) is 19.2. The van der Waals surface area contributed by atoms with Crippen molar-refractivity contribution in [3.05, 3.63) is 79.5 Å². The number of halogens is 2. The Labute approximate surface area is 195 Å². The average molecular weight is 484 g/mol. The van der Waals surface area contributed by atoms with Crippen molar-refractivity contribution < 1.29 is 14.4 Å². The van der Waals surface area contributed by atoms with Crippen molar-refractivity contribution in [2.24, 2.45) is 0 Å². The van der Waals surface area contributed by atoms with E-state index in [0.29, 0.717) is 48.5 Å². The average Bonchev–Trinajstić information content (AvgIpc) is 3.26. The molecule has 31 heavy (non-hydrogen) atoms. The molecule has 166 valence electrons. The van der Waals surface area contributed by atoms with Gasteiger partial charge in [0.2, 0.25) is 0 Å². The molecule has 0 bridgehead atoms. The molecule has 1 aromatic heterocycles. The molecule has 3 aromatic rings. The maximum absolute atomic E-state index is 10.8. The molecule has 2 N–H and O–H groups in total. The molecule has 0 saturated carbocycles. The lowest BCUT2D eigenvalue weighted by Crippen LogP contribution is -2.21. The van der Waals surface area contributed by atoms with Gasteiger partial charge in [-0.1, -0.05) is 23.7 Å². The maximum Gasteiger partial charge on any atom is 0.271 e. The molecule has 0 atom stereocenters. The van der Waals surface area contributed by atoms with Crippen LogP contribution >= 0.6 is 35.3 Å². The Morgan fingerprint density at radius 1 is 1.13 bits per heavy atom. The van der Waals surface area contributed by atoms with E-state index in [1.807, 2.05) is 35.7 Å². The van der Waals surface area contributed by atoms with Crippen molar-refractivity contribution in [2.45, 2.75) is 13.2 Å². The zero-order valence-electron chi connectivity index (χ0n) is 16.8. The molecule has 1 heterocycles. The lowest BCUT2D eigenvalue weighted by Gasteiger charge is -2.13. The minimum atomic E-state index is -0.468. The molecule has 2 aromatic carbocycles. The van der Waals surface area contributed by atoms with E-state index >= 15 is 0 Å². The molecule has 0 amide bonds. The number of ether oxygens (including phenoxy) is 2. The van der Waals surface area contributed by atoms with E-state index in [2.05, 4.69) is 10.6 Å². The third-order valence-corrected chi connectivity index (χ3v) is 5.45. The van der Waals surface area contributed by atoms with Gasteiger partial charge in [-0.25, -0.2) is 0 Å². The smallest absolute Gasteiger partial charge is 0.271 e. The lowest BCUT2D eigenvalue weighted by atomic mass is 10.2. The number of nitrogens with one attached hydrogen (secondary N) is 2. The lowest BCUT2D eigenvalue weighted by molar-refractivity contribution is -0.384. The van der Waals surface area contributed by atoms with Gasteiger partial charge in [0.1, 0.15) is 6.61 Å². The fourth-order valence-electron chi connectivity index (χ4n) is 2.76. The molecule has 3 rings (SSSR count). The van der Waals surface area contributed by atoms with Crippen molar-refractivity contribution in [2.75, 3.05) is 25.5 Å². The van der Waals surface area contributed by atoms with Crippen LogP contribution in [0.5, 0.6) is 11.5 Å². The molecule has 0 unspecified atom stereocenters. The Morgan fingerprint density at radius 3 is 2.65 bits per heavy atom. The van der Waals surface area contributed by atoms with Crippen molar-refractivity contribution in [1.82, 2.24) is 5.32 Å². The molecule has 0 aliphatic heterocycles. The van der Waals surface area contributed by atoms with Crippen molar-refractivity contribution >= 4 is 46.7 Å². The number of hydrogen-bond acceptors (Lipinski definition) is 7. The summed E-state index contributed by atoms with van der Waals surface area (Å²) in [5, 5.41) is 19.6. The number of hydrogen-bond donors (Lipinski definition) is 2. The molecule has 10 heteroatoms. The SMILES string of the molecule is COc1cc(CNCCNc2ccc([N+](=O)[O-])cc2Cl)ccc1OCc1cccs1.Cl. The number of nitro groups is 1. The quantitative estimate of drug-likeness (QED) is 0.212. The first-order valence-corrected chi connectivity index (χ1v) is 10.5. The van der Waals surface area contributed by atoms with Gasteiger partial charge in [0.05, 0.1) is 22.7 Å². The highest BCUT2D eigenvalue weighted by Gasteiger charge is 2.09. The summed E-state index contributed by atoms with van der Waals surface area (Å²) in [5.41, 5.74) is 1.71. The number of benzene rings is 2. The van der Waals surface area contributed by atoms with Gasteiger partial charge < -0.3 is 20.1 Å². The Bertz CT molecular complexity index is 987. The van der Waals surface area contributed by atoms with Crippen molar-refractivity contribution in [3.63, 3.8) is 0 Å². The predicted molar refractivity (Wildman–Crippen MR) is 127 cm³/mol. The highest BCUT2D eigenvalue weighted by atomic mass is 35.5. The predicted octanol–water partition coefficient (Wildman–Crippen LogP) is 5.52. The van der Waals surface area contributed by atoms with Crippen LogP contribution in [-0.2, 0) is 13.2 Å². The van der Waals surface area contributed by atoms with Crippen molar-refractivity contribution in [3.8, 4) is 11.5 Å². The maximum atomic E-state index is 10.8. The number of nitro benzene ring substituents is 1. The normalized spacial score (nSPS) is 10.3. The molecular weight excluding hydrogens is 461 g/mol. The molecule has 0 radical (unpaired) electrons. The summed E-state index contributed by atoms with van der Waals surface area (Å²) in [5.74, 6) is 1.41. The van der Waals surface area contributed by atoms with Gasteiger partial charge in [-0.15, -0.1) is 23.7 Å².